The summed E-state index contributed by atoms with van der Waals surface area (Å²) in [6, 6.07) is 11.9. The summed E-state index contributed by atoms with van der Waals surface area (Å²) in [6.45, 7) is 9.80. The first-order valence-electron chi connectivity index (χ1n) is 12.1. The van der Waals surface area contributed by atoms with Gasteiger partial charge in [-0.15, -0.1) is 0 Å². The highest BCUT2D eigenvalue weighted by Crippen LogP contribution is 2.38. The van der Waals surface area contributed by atoms with E-state index in [2.05, 4.69) is 24.6 Å². The number of nitrogens with zero attached hydrogens (tertiary/aromatic N) is 4. The normalized spacial score (nSPS) is 15.3. The van der Waals surface area contributed by atoms with E-state index in [1.54, 1.807) is 19.2 Å². The number of halogens is 1. The molecule has 2 aromatic heterocycles. The number of benzene rings is 2. The molecule has 0 amide bonds. The van der Waals surface area contributed by atoms with E-state index in [1.165, 1.54) is 6.07 Å². The summed E-state index contributed by atoms with van der Waals surface area (Å²) in [5, 5.41) is 14.8. The Hall–Kier alpha value is -3.48. The molecule has 0 fully saturated rings. The van der Waals surface area contributed by atoms with Gasteiger partial charge in [-0.3, -0.25) is 0 Å². The monoisotopic (exact) mass is 504 g/mol. The van der Waals surface area contributed by atoms with Gasteiger partial charge in [0.2, 0.25) is 0 Å². The zero-order valence-corrected chi connectivity index (χ0v) is 22.0. The summed E-state index contributed by atoms with van der Waals surface area (Å²) < 4.78 is 34.2. The minimum atomic E-state index is -1.19. The van der Waals surface area contributed by atoms with Crippen LogP contribution >= 0.6 is 0 Å². The smallest absolute Gasteiger partial charge is 0.191 e. The fourth-order valence-electron chi connectivity index (χ4n) is 4.48. The molecular weight excluding hydrogens is 475 g/mol. The third-order valence-corrected chi connectivity index (χ3v) is 8.14. The van der Waals surface area contributed by atoms with Crippen molar-refractivity contribution >= 4 is 19.0 Å². The highest BCUT2D eigenvalue weighted by molar-refractivity contribution is 6.76. The van der Waals surface area contributed by atoms with Crippen molar-refractivity contribution in [2.24, 2.45) is 0 Å². The Labute approximate surface area is 210 Å². The lowest BCUT2D eigenvalue weighted by Gasteiger charge is -2.16. The molecule has 36 heavy (non-hydrogen) atoms. The van der Waals surface area contributed by atoms with Crippen LogP contribution in [0.25, 0.3) is 22.4 Å². The summed E-state index contributed by atoms with van der Waals surface area (Å²) in [5.74, 6) is 1.28. The molecule has 0 saturated heterocycles. The summed E-state index contributed by atoms with van der Waals surface area (Å²) in [6.07, 6.45) is 2.85. The van der Waals surface area contributed by atoms with Crippen molar-refractivity contribution in [3.05, 3.63) is 64.9 Å². The molecule has 1 unspecified atom stereocenters. The zero-order valence-electron chi connectivity index (χ0n) is 21.0. The fourth-order valence-corrected chi connectivity index (χ4v) is 5.23. The number of aromatic nitrogens is 3. The third kappa shape index (κ3) is 4.92. The van der Waals surface area contributed by atoms with Crippen molar-refractivity contribution in [1.82, 2.24) is 14.8 Å². The van der Waals surface area contributed by atoms with Gasteiger partial charge >= 0.3 is 0 Å². The van der Waals surface area contributed by atoms with Crippen molar-refractivity contribution in [3.8, 4) is 23.3 Å². The van der Waals surface area contributed by atoms with Crippen LogP contribution in [-0.4, -0.2) is 29.4 Å². The lowest BCUT2D eigenvalue weighted by atomic mass is 10.1. The topological polar surface area (TPSA) is 86.1 Å². The first-order valence-corrected chi connectivity index (χ1v) is 15.8. The second-order valence-electron chi connectivity index (χ2n) is 10.4. The predicted molar refractivity (Wildman–Crippen MR) is 137 cm³/mol. The van der Waals surface area contributed by atoms with Crippen molar-refractivity contribution in [1.29, 1.82) is 5.26 Å². The van der Waals surface area contributed by atoms with Gasteiger partial charge in [0.05, 0.1) is 17.3 Å². The van der Waals surface area contributed by atoms with Gasteiger partial charge in [0, 0.05) is 27.0 Å². The molecule has 186 valence electrons. The zero-order chi connectivity index (χ0) is 25.4. The Morgan fingerprint density at radius 3 is 2.81 bits per heavy atom. The van der Waals surface area contributed by atoms with Crippen LogP contribution in [0.4, 0.5) is 4.39 Å². The second-order valence-corrected chi connectivity index (χ2v) is 16.0. The molecular formula is C27H29FN4O3Si. The van der Waals surface area contributed by atoms with Gasteiger partial charge < -0.3 is 13.9 Å². The lowest BCUT2D eigenvalue weighted by molar-refractivity contribution is 0.0818. The van der Waals surface area contributed by atoms with Crippen LogP contribution in [-0.2, 0) is 17.9 Å². The molecule has 0 N–H and O–H groups in total. The first kappa shape index (κ1) is 24.2. The summed E-state index contributed by atoms with van der Waals surface area (Å²) in [5.41, 5.74) is 3.39. The Bertz CT molecular complexity index is 1460. The van der Waals surface area contributed by atoms with Crippen LogP contribution < -0.4 is 4.74 Å². The Morgan fingerprint density at radius 1 is 1.25 bits per heavy atom. The summed E-state index contributed by atoms with van der Waals surface area (Å²) in [4.78, 5) is 4.23. The number of aryl methyl sites for hydroxylation is 2. The van der Waals surface area contributed by atoms with Crippen LogP contribution in [0.1, 0.15) is 35.1 Å². The van der Waals surface area contributed by atoms with E-state index in [4.69, 9.17) is 24.3 Å². The lowest BCUT2D eigenvalue weighted by Crippen LogP contribution is -2.22. The maximum absolute atomic E-state index is 14.3. The molecule has 5 rings (SSSR count). The van der Waals surface area contributed by atoms with Crippen LogP contribution in [0.2, 0.25) is 25.7 Å². The van der Waals surface area contributed by atoms with Crippen molar-refractivity contribution in [2.45, 2.75) is 58.3 Å². The molecule has 1 aliphatic rings. The first-order chi connectivity index (χ1) is 17.2. The average molecular weight is 505 g/mol. The molecule has 0 radical (unpaired) electrons. The quantitative estimate of drug-likeness (QED) is 0.204. The Kier molecular flexibility index (Phi) is 6.41. The third-order valence-electron chi connectivity index (χ3n) is 6.44. The van der Waals surface area contributed by atoms with E-state index in [0.29, 0.717) is 36.4 Å². The maximum Gasteiger partial charge on any atom is 0.191 e. The molecule has 2 aromatic carbocycles. The van der Waals surface area contributed by atoms with Gasteiger partial charge in [-0.05, 0) is 60.3 Å². The van der Waals surface area contributed by atoms with Crippen LogP contribution in [0.3, 0.4) is 0 Å². The van der Waals surface area contributed by atoms with E-state index in [-0.39, 0.29) is 11.7 Å². The Balaban J connectivity index is 1.44. The van der Waals surface area contributed by atoms with Gasteiger partial charge in [-0.1, -0.05) is 19.6 Å². The number of fused-ring (bicyclic) bond motifs is 2. The van der Waals surface area contributed by atoms with E-state index >= 15 is 0 Å². The van der Waals surface area contributed by atoms with Crippen LogP contribution in [0.5, 0.6) is 5.75 Å². The average Bonchev–Trinajstić information content (AvgIpc) is 3.53. The summed E-state index contributed by atoms with van der Waals surface area (Å²) in [7, 11) is -1.19. The van der Waals surface area contributed by atoms with E-state index < -0.39 is 13.9 Å². The minimum absolute atomic E-state index is 0.0716. The van der Waals surface area contributed by atoms with Crippen LogP contribution in [0.15, 0.2) is 40.9 Å². The minimum Gasteiger partial charge on any atom is -0.486 e. The molecule has 0 aliphatic heterocycles. The molecule has 4 aromatic rings. The fraction of sp³-hybridized carbons (Fsp3) is 0.370. The molecule has 0 saturated carbocycles. The second kappa shape index (κ2) is 9.52. The number of hydrogen-bond acceptors (Lipinski definition) is 6. The van der Waals surface area contributed by atoms with Gasteiger partial charge in [-0.25, -0.2) is 14.1 Å². The van der Waals surface area contributed by atoms with Crippen molar-refractivity contribution in [3.63, 3.8) is 0 Å². The van der Waals surface area contributed by atoms with E-state index in [0.717, 1.165) is 40.9 Å². The standard InChI is InChI=1S/C27H29FN4O3Si/c1-17-30-15-26(34-17)27-22-12-20(6-7-24(22)32(31-27)16-33-9-10-36(2,3)4)35-25-8-5-18-11-19(14-29)23(28)13-21(18)25/h6-7,11-13,15,25H,5,8-10,16H2,1-4H3. The molecule has 2 heterocycles. The van der Waals surface area contributed by atoms with E-state index in [9.17, 15) is 4.39 Å². The largest absolute Gasteiger partial charge is 0.486 e. The molecule has 0 bridgehead atoms. The van der Waals surface area contributed by atoms with Gasteiger partial charge in [0.25, 0.3) is 0 Å². The van der Waals surface area contributed by atoms with Crippen molar-refractivity contribution < 1.29 is 18.3 Å². The molecule has 0 spiro atoms. The SMILES string of the molecule is Cc1ncc(-c2nn(COCC[Si](C)(C)C)c3ccc(OC4CCc5cc(C#N)c(F)cc54)cc23)o1. The molecule has 7 nitrogen and oxygen atoms in total. The van der Waals surface area contributed by atoms with E-state index in [1.807, 2.05) is 29.0 Å². The Morgan fingerprint density at radius 2 is 2.08 bits per heavy atom. The number of oxazole rings is 1. The molecule has 1 atom stereocenters. The molecule has 9 heteroatoms. The predicted octanol–water partition coefficient (Wildman–Crippen LogP) is 6.39. The van der Waals surface area contributed by atoms with Gasteiger partial charge in [-0.2, -0.15) is 10.4 Å². The number of hydrogen-bond donors (Lipinski definition) is 0. The number of rotatable bonds is 8. The highest BCUT2D eigenvalue weighted by atomic mass is 28.3. The number of nitriles is 1. The van der Waals surface area contributed by atoms with Gasteiger partial charge in [0.1, 0.15) is 36.2 Å². The number of ether oxygens (including phenoxy) is 2. The van der Waals surface area contributed by atoms with Crippen molar-refractivity contribution in [2.75, 3.05) is 6.61 Å². The highest BCUT2D eigenvalue weighted by Gasteiger charge is 2.27. The molecule has 1 aliphatic carbocycles. The van der Waals surface area contributed by atoms with Crippen LogP contribution in [0, 0.1) is 24.1 Å². The summed E-state index contributed by atoms with van der Waals surface area (Å²) >= 11 is 0. The van der Waals surface area contributed by atoms with Gasteiger partial charge in [0.15, 0.2) is 11.7 Å². The maximum atomic E-state index is 14.3.